The largest absolute Gasteiger partial charge is 0.435 e. The summed E-state index contributed by atoms with van der Waals surface area (Å²) in [6.45, 7) is -0.541. The summed E-state index contributed by atoms with van der Waals surface area (Å²) in [6, 6.07) is 11.5. The van der Waals surface area contributed by atoms with Crippen molar-refractivity contribution in [3.63, 3.8) is 0 Å². The minimum absolute atomic E-state index is 0.0191. The Morgan fingerprint density at radius 1 is 1.03 bits per heavy atom. The van der Waals surface area contributed by atoms with Gasteiger partial charge in [0.25, 0.3) is 0 Å². The number of ether oxygens (including phenoxy) is 1. The van der Waals surface area contributed by atoms with Gasteiger partial charge < -0.3 is 15.8 Å². The van der Waals surface area contributed by atoms with E-state index in [2.05, 4.69) is 10.1 Å². The molecule has 2 aromatic rings. The molecule has 0 heterocycles. The first-order valence-electron chi connectivity index (χ1n) is 9.77. The Labute approximate surface area is 190 Å². The van der Waals surface area contributed by atoms with Gasteiger partial charge in [-0.25, -0.2) is 8.42 Å². The Hall–Kier alpha value is -3.18. The number of Topliss-reactive ketones (excluding diaryl/α,β-unsaturated/α-hetero) is 2. The van der Waals surface area contributed by atoms with Gasteiger partial charge in [-0.15, -0.1) is 0 Å². The maximum Gasteiger partial charge on any atom is 0.387 e. The van der Waals surface area contributed by atoms with Crippen LogP contribution in [-0.2, 0) is 25.2 Å². The lowest BCUT2D eigenvalue weighted by Crippen LogP contribution is -2.57. The second kappa shape index (κ2) is 10.6. The van der Waals surface area contributed by atoms with E-state index >= 15 is 0 Å². The highest BCUT2D eigenvalue weighted by atomic mass is 32.2. The van der Waals surface area contributed by atoms with Crippen molar-refractivity contribution in [3.05, 3.63) is 65.7 Å². The fourth-order valence-corrected chi connectivity index (χ4v) is 4.47. The van der Waals surface area contributed by atoms with E-state index in [0.29, 0.717) is 0 Å². The third-order valence-corrected chi connectivity index (χ3v) is 6.20. The number of carbonyl (C=O) groups is 3. The van der Waals surface area contributed by atoms with E-state index in [1.165, 1.54) is 50.2 Å². The molecule has 0 aromatic heterocycles. The Kier molecular flexibility index (Phi) is 8.39. The number of hydrogen-bond acceptors (Lipinski definition) is 7. The van der Waals surface area contributed by atoms with Crippen LogP contribution in [0.5, 0.6) is 5.75 Å². The molecular formula is C22H24F2N2O6S. The van der Waals surface area contributed by atoms with Gasteiger partial charge >= 0.3 is 6.61 Å². The molecular weight excluding hydrogens is 458 g/mol. The summed E-state index contributed by atoms with van der Waals surface area (Å²) < 4.78 is 54.4. The van der Waals surface area contributed by atoms with Crippen LogP contribution in [0.15, 0.2) is 54.6 Å². The summed E-state index contributed by atoms with van der Waals surface area (Å²) in [7, 11) is -4.03. The van der Waals surface area contributed by atoms with Crippen molar-refractivity contribution < 1.29 is 36.3 Å². The smallest absolute Gasteiger partial charge is 0.387 e. The molecule has 33 heavy (non-hydrogen) atoms. The molecule has 1 atom stereocenters. The quantitative estimate of drug-likeness (QED) is 0.369. The summed E-state index contributed by atoms with van der Waals surface area (Å²) in [6.07, 6.45) is 0. The monoisotopic (exact) mass is 482 g/mol. The molecule has 0 fully saturated rings. The van der Waals surface area contributed by atoms with Gasteiger partial charge in [0.2, 0.25) is 17.5 Å². The molecule has 3 N–H and O–H groups in total. The van der Waals surface area contributed by atoms with E-state index in [-0.39, 0.29) is 16.9 Å². The van der Waals surface area contributed by atoms with Gasteiger partial charge in [0.1, 0.15) is 11.3 Å². The number of amides is 1. The number of para-hydroxylation sites is 1. The lowest BCUT2D eigenvalue weighted by Gasteiger charge is -2.25. The molecule has 8 nitrogen and oxygen atoms in total. The zero-order valence-corrected chi connectivity index (χ0v) is 18.8. The minimum atomic E-state index is -4.03. The van der Waals surface area contributed by atoms with Crippen LogP contribution in [0.1, 0.15) is 29.8 Å². The van der Waals surface area contributed by atoms with Gasteiger partial charge in [0.05, 0.1) is 17.5 Å². The Morgan fingerprint density at radius 2 is 1.61 bits per heavy atom. The minimum Gasteiger partial charge on any atom is -0.435 e. The summed E-state index contributed by atoms with van der Waals surface area (Å²) in [5.74, 6) is -4.51. The highest BCUT2D eigenvalue weighted by Gasteiger charge is 2.36. The summed E-state index contributed by atoms with van der Waals surface area (Å²) in [4.78, 5) is 37.4. The summed E-state index contributed by atoms with van der Waals surface area (Å²) in [5, 5.41) is 2.31. The van der Waals surface area contributed by atoms with Crippen LogP contribution in [0.2, 0.25) is 0 Å². The lowest BCUT2D eigenvalue weighted by molar-refractivity contribution is -0.129. The number of halogens is 2. The van der Waals surface area contributed by atoms with Crippen LogP contribution >= 0.6 is 0 Å². The first kappa shape index (κ1) is 26.1. The summed E-state index contributed by atoms with van der Waals surface area (Å²) >= 11 is 0. The number of nitrogens with two attached hydrogens (primary N) is 1. The second-order valence-electron chi connectivity index (χ2n) is 7.79. The number of carbonyl (C=O) groups excluding carboxylic acids is 3. The van der Waals surface area contributed by atoms with E-state index in [1.807, 2.05) is 0 Å². The van der Waals surface area contributed by atoms with Crippen LogP contribution in [0.4, 0.5) is 8.78 Å². The zero-order valence-electron chi connectivity index (χ0n) is 18.0. The van der Waals surface area contributed by atoms with Gasteiger partial charge in [0.15, 0.2) is 9.84 Å². The second-order valence-corrected chi connectivity index (χ2v) is 9.89. The van der Waals surface area contributed by atoms with E-state index in [0.717, 1.165) is 0 Å². The SMILES string of the molecule is CC(C)(NC(=O)C(N)CS(=O)(=O)Cc1ccccc1OC(F)F)C(=O)C(=O)c1ccccc1. The molecule has 0 radical (unpaired) electrons. The molecule has 0 saturated heterocycles. The van der Waals surface area contributed by atoms with Gasteiger partial charge in [-0.2, -0.15) is 8.78 Å². The first-order valence-corrected chi connectivity index (χ1v) is 11.6. The number of nitrogens with one attached hydrogen (secondary N) is 1. The van der Waals surface area contributed by atoms with E-state index in [9.17, 15) is 31.6 Å². The third-order valence-electron chi connectivity index (χ3n) is 4.58. The molecule has 178 valence electrons. The standard InChI is InChI=1S/C22H24F2N2O6S/c1-22(2,19(28)18(27)14-8-4-3-5-9-14)26-20(29)16(25)13-33(30,31)12-15-10-6-7-11-17(15)32-21(23)24/h3-11,16,21H,12-13,25H2,1-2H3,(H,26,29). The Bertz CT molecular complexity index is 1120. The number of rotatable bonds is 11. The van der Waals surface area contributed by atoms with Crippen LogP contribution in [-0.4, -0.2) is 49.8 Å². The average molecular weight is 483 g/mol. The fourth-order valence-electron chi connectivity index (χ4n) is 2.94. The number of benzene rings is 2. The maximum absolute atomic E-state index is 12.6. The first-order chi connectivity index (χ1) is 15.3. The molecule has 2 rings (SSSR count). The van der Waals surface area contributed by atoms with Gasteiger partial charge in [-0.05, 0) is 19.9 Å². The predicted molar refractivity (Wildman–Crippen MR) is 117 cm³/mol. The predicted octanol–water partition coefficient (Wildman–Crippen LogP) is 1.88. The molecule has 2 aromatic carbocycles. The van der Waals surface area contributed by atoms with Crippen molar-refractivity contribution in [2.24, 2.45) is 5.73 Å². The van der Waals surface area contributed by atoms with Crippen molar-refractivity contribution in [1.82, 2.24) is 5.32 Å². The van der Waals surface area contributed by atoms with Crippen molar-refractivity contribution in [3.8, 4) is 5.75 Å². The molecule has 0 spiro atoms. The molecule has 1 amide bonds. The molecule has 0 aliphatic heterocycles. The van der Waals surface area contributed by atoms with Crippen LogP contribution in [0.25, 0.3) is 0 Å². The molecule has 0 bridgehead atoms. The third kappa shape index (κ3) is 7.43. The van der Waals surface area contributed by atoms with Crippen molar-refractivity contribution in [2.45, 2.75) is 37.8 Å². The van der Waals surface area contributed by atoms with Crippen molar-refractivity contribution >= 4 is 27.3 Å². The number of alkyl halides is 2. The maximum atomic E-state index is 12.6. The summed E-state index contributed by atoms with van der Waals surface area (Å²) in [5.41, 5.74) is 4.20. The fraction of sp³-hybridized carbons (Fsp3) is 0.318. The Balaban J connectivity index is 2.06. The topological polar surface area (TPSA) is 133 Å². The van der Waals surface area contributed by atoms with E-state index < -0.39 is 57.0 Å². The number of ketones is 2. The van der Waals surface area contributed by atoms with Gasteiger partial charge in [-0.3, -0.25) is 14.4 Å². The van der Waals surface area contributed by atoms with Gasteiger partial charge in [0, 0.05) is 11.1 Å². The molecule has 0 aliphatic rings. The Morgan fingerprint density at radius 3 is 2.21 bits per heavy atom. The lowest BCUT2D eigenvalue weighted by atomic mass is 9.92. The molecule has 11 heteroatoms. The average Bonchev–Trinajstić information content (AvgIpc) is 2.73. The highest BCUT2D eigenvalue weighted by Crippen LogP contribution is 2.23. The van der Waals surface area contributed by atoms with Crippen LogP contribution < -0.4 is 15.8 Å². The molecule has 0 saturated carbocycles. The normalized spacial score (nSPS) is 12.8. The van der Waals surface area contributed by atoms with Crippen molar-refractivity contribution in [2.75, 3.05) is 5.75 Å². The highest BCUT2D eigenvalue weighted by molar-refractivity contribution is 7.90. The zero-order chi connectivity index (χ0) is 24.8. The van der Waals surface area contributed by atoms with E-state index in [1.54, 1.807) is 18.2 Å². The van der Waals surface area contributed by atoms with Crippen LogP contribution in [0, 0.1) is 0 Å². The number of sulfone groups is 1. The van der Waals surface area contributed by atoms with Gasteiger partial charge in [-0.1, -0.05) is 48.5 Å². The van der Waals surface area contributed by atoms with Crippen molar-refractivity contribution in [1.29, 1.82) is 0 Å². The number of hydrogen-bond donors (Lipinski definition) is 2. The van der Waals surface area contributed by atoms with E-state index in [4.69, 9.17) is 5.73 Å². The molecule has 1 unspecified atom stereocenters. The molecule has 0 aliphatic carbocycles. The van der Waals surface area contributed by atoms with Crippen LogP contribution in [0.3, 0.4) is 0 Å².